The van der Waals surface area contributed by atoms with E-state index in [0.717, 1.165) is 6.42 Å². The second-order valence-electron chi connectivity index (χ2n) is 5.32. The van der Waals surface area contributed by atoms with Crippen LogP contribution in [0, 0.1) is 0 Å². The van der Waals surface area contributed by atoms with Gasteiger partial charge >= 0.3 is 0 Å². The van der Waals surface area contributed by atoms with E-state index in [1.807, 2.05) is 0 Å². The highest BCUT2D eigenvalue weighted by molar-refractivity contribution is 7.99. The highest BCUT2D eigenvalue weighted by atomic mass is 32.2. The number of hydrogen-bond donors (Lipinski definition) is 0. The molecule has 0 N–H and O–H groups in total. The minimum Gasteiger partial charge on any atom is -0.382 e. The lowest BCUT2D eigenvalue weighted by molar-refractivity contribution is -0.0342. The first-order valence-corrected chi connectivity index (χ1v) is 8.22. The molecule has 0 spiro atoms. The third-order valence-corrected chi connectivity index (χ3v) is 4.97. The van der Waals surface area contributed by atoms with Crippen LogP contribution in [0.25, 0.3) is 0 Å². The molecule has 0 aromatic carbocycles. The van der Waals surface area contributed by atoms with Crippen molar-refractivity contribution in [3.05, 3.63) is 0 Å². The Balaban J connectivity index is 1.65. The summed E-state index contributed by atoms with van der Waals surface area (Å²) in [6.07, 6.45) is 1.46. The van der Waals surface area contributed by atoms with E-state index in [4.69, 9.17) is 39.4 Å². The van der Waals surface area contributed by atoms with E-state index >= 15 is 0 Å². The summed E-state index contributed by atoms with van der Waals surface area (Å²) in [7, 11) is 14.9. The van der Waals surface area contributed by atoms with Crippen LogP contribution in [0.5, 0.6) is 0 Å². The molecule has 5 nitrogen and oxygen atoms in total. The van der Waals surface area contributed by atoms with Gasteiger partial charge in [-0.3, -0.25) is 0 Å². The first kappa shape index (κ1) is 17.6. The molecule has 2 saturated heterocycles. The van der Waals surface area contributed by atoms with E-state index in [1.165, 1.54) is 0 Å². The summed E-state index contributed by atoms with van der Waals surface area (Å²) in [5, 5.41) is 0.296. The molecule has 4 radical (unpaired) electrons. The number of methoxy groups -OCH3 is 2. The number of rotatable bonds is 8. The zero-order chi connectivity index (χ0) is 15.2. The van der Waals surface area contributed by atoms with Crippen molar-refractivity contribution in [3.8, 4) is 0 Å². The molecule has 2 rings (SSSR count). The number of thioether (sulfide) groups is 1. The van der Waals surface area contributed by atoms with Crippen LogP contribution in [0.15, 0.2) is 0 Å². The van der Waals surface area contributed by atoms with Gasteiger partial charge < -0.3 is 23.7 Å². The van der Waals surface area contributed by atoms with Gasteiger partial charge in [-0.15, -0.1) is 11.8 Å². The summed E-state index contributed by atoms with van der Waals surface area (Å²) >= 11 is 1.69. The Morgan fingerprint density at radius 2 is 1.76 bits per heavy atom. The van der Waals surface area contributed by atoms with Gasteiger partial charge in [0.2, 0.25) is 0 Å². The Morgan fingerprint density at radius 1 is 1.05 bits per heavy atom. The van der Waals surface area contributed by atoms with Crippen molar-refractivity contribution in [2.45, 2.75) is 48.4 Å². The lowest BCUT2D eigenvalue weighted by Gasteiger charge is -2.19. The SMILES string of the molecule is [B][C@H]1CC(OC)[C@@H](COCSC2C[C@H]([B])O[C@@H]2COC)O1. The first-order chi connectivity index (χ1) is 10.1. The fourth-order valence-corrected chi connectivity index (χ4v) is 3.73. The molecular weight excluding hydrogens is 290 g/mol. The Hall–Kier alpha value is 0.280. The van der Waals surface area contributed by atoms with Crippen molar-refractivity contribution in [2.75, 3.05) is 33.4 Å². The maximum absolute atomic E-state index is 5.82. The van der Waals surface area contributed by atoms with Gasteiger partial charge in [-0.25, -0.2) is 0 Å². The zero-order valence-corrected chi connectivity index (χ0v) is 13.4. The molecular formula is C13H22B2O5S. The topological polar surface area (TPSA) is 46.2 Å². The Labute approximate surface area is 133 Å². The maximum atomic E-state index is 5.82. The van der Waals surface area contributed by atoms with E-state index in [-0.39, 0.29) is 30.3 Å². The molecule has 21 heavy (non-hydrogen) atoms. The van der Waals surface area contributed by atoms with Crippen molar-refractivity contribution in [3.63, 3.8) is 0 Å². The monoisotopic (exact) mass is 312 g/mol. The zero-order valence-electron chi connectivity index (χ0n) is 12.6. The van der Waals surface area contributed by atoms with Gasteiger partial charge in [0.05, 0.1) is 31.4 Å². The molecule has 116 valence electrons. The van der Waals surface area contributed by atoms with Crippen molar-refractivity contribution in [1.82, 2.24) is 0 Å². The minimum atomic E-state index is -0.261. The molecule has 0 amide bonds. The molecule has 2 unspecified atom stereocenters. The quantitative estimate of drug-likeness (QED) is 0.365. The second-order valence-corrected chi connectivity index (χ2v) is 6.50. The molecule has 0 aliphatic carbocycles. The van der Waals surface area contributed by atoms with E-state index in [0.29, 0.717) is 30.8 Å². The molecule has 0 bridgehead atoms. The smallest absolute Gasteiger partial charge is 0.109 e. The lowest BCUT2D eigenvalue weighted by atomic mass is 9.96. The average Bonchev–Trinajstić information content (AvgIpc) is 2.98. The molecule has 2 aliphatic heterocycles. The van der Waals surface area contributed by atoms with Gasteiger partial charge in [0.1, 0.15) is 21.8 Å². The summed E-state index contributed by atoms with van der Waals surface area (Å²) in [6, 6.07) is -0.472. The maximum Gasteiger partial charge on any atom is 0.109 e. The Morgan fingerprint density at radius 3 is 2.48 bits per heavy atom. The third kappa shape index (κ3) is 5.15. The number of hydrogen-bond acceptors (Lipinski definition) is 6. The highest BCUT2D eigenvalue weighted by Crippen LogP contribution is 2.30. The molecule has 0 aromatic rings. The largest absolute Gasteiger partial charge is 0.382 e. The molecule has 0 saturated carbocycles. The van der Waals surface area contributed by atoms with Gasteiger partial charge in [-0.1, -0.05) is 0 Å². The summed E-state index contributed by atoms with van der Waals surface area (Å²) in [6.45, 7) is 1.03. The summed E-state index contributed by atoms with van der Waals surface area (Å²) in [5.41, 5.74) is 0. The van der Waals surface area contributed by atoms with Crippen LogP contribution < -0.4 is 0 Å². The van der Waals surface area contributed by atoms with Gasteiger partial charge in [-0.2, -0.15) is 0 Å². The van der Waals surface area contributed by atoms with E-state index in [9.17, 15) is 0 Å². The van der Waals surface area contributed by atoms with Gasteiger partial charge in [0.15, 0.2) is 0 Å². The van der Waals surface area contributed by atoms with Crippen LogP contribution >= 0.6 is 11.8 Å². The number of ether oxygens (including phenoxy) is 5. The van der Waals surface area contributed by atoms with Crippen molar-refractivity contribution in [2.24, 2.45) is 0 Å². The molecule has 6 atom stereocenters. The Kier molecular flexibility index (Phi) is 7.38. The van der Waals surface area contributed by atoms with Gasteiger partial charge in [-0.05, 0) is 12.8 Å². The molecule has 2 heterocycles. The first-order valence-electron chi connectivity index (χ1n) is 7.17. The second kappa shape index (κ2) is 8.79. The fourth-order valence-electron chi connectivity index (χ4n) is 2.68. The normalized spacial score (nSPS) is 39.9. The molecule has 8 heteroatoms. The average molecular weight is 312 g/mol. The van der Waals surface area contributed by atoms with Gasteiger partial charge in [0, 0.05) is 31.5 Å². The summed E-state index contributed by atoms with van der Waals surface area (Å²) in [5.74, 6) is 0.562. The van der Waals surface area contributed by atoms with Gasteiger partial charge in [0.25, 0.3) is 0 Å². The summed E-state index contributed by atoms with van der Waals surface area (Å²) in [4.78, 5) is 0. The molecule has 2 fully saturated rings. The predicted molar refractivity (Wildman–Crippen MR) is 82.9 cm³/mol. The van der Waals surface area contributed by atoms with Crippen LogP contribution in [0.2, 0.25) is 0 Å². The lowest BCUT2D eigenvalue weighted by Crippen LogP contribution is -2.29. The van der Waals surface area contributed by atoms with Crippen LogP contribution in [0.4, 0.5) is 0 Å². The van der Waals surface area contributed by atoms with Crippen LogP contribution in [-0.4, -0.2) is 84.6 Å². The van der Waals surface area contributed by atoms with Crippen molar-refractivity contribution >= 4 is 27.5 Å². The highest BCUT2D eigenvalue weighted by Gasteiger charge is 2.34. The molecule has 0 aromatic heterocycles. The van der Waals surface area contributed by atoms with Crippen LogP contribution in [0.3, 0.4) is 0 Å². The van der Waals surface area contributed by atoms with E-state index in [1.54, 1.807) is 26.0 Å². The van der Waals surface area contributed by atoms with Crippen LogP contribution in [-0.2, 0) is 23.7 Å². The Bertz CT molecular complexity index is 312. The third-order valence-electron chi connectivity index (χ3n) is 3.74. The van der Waals surface area contributed by atoms with Crippen molar-refractivity contribution in [1.29, 1.82) is 0 Å². The van der Waals surface area contributed by atoms with E-state index < -0.39 is 0 Å². The standard InChI is InChI=1S/C13H22B2O5S/c1-16-5-10-11(4-13(15)20-10)21-7-18-6-9-8(17-2)3-12(14)19-9/h8-13H,3-7H2,1-2H3/t8?,9-,10-,11?,12-,13-/m1/s1. The van der Waals surface area contributed by atoms with Crippen LogP contribution in [0.1, 0.15) is 12.8 Å². The minimum absolute atomic E-state index is 0.00877. The summed E-state index contributed by atoms with van der Waals surface area (Å²) < 4.78 is 27.4. The van der Waals surface area contributed by atoms with E-state index in [2.05, 4.69) is 0 Å². The van der Waals surface area contributed by atoms with Crippen molar-refractivity contribution < 1.29 is 23.7 Å². The molecule has 2 aliphatic rings. The predicted octanol–water partition coefficient (Wildman–Crippen LogP) is 0.291. The fraction of sp³-hybridized carbons (Fsp3) is 1.00.